The first-order valence-corrected chi connectivity index (χ1v) is 14.2. The topological polar surface area (TPSA) is 73.8 Å². The Labute approximate surface area is 220 Å². The molecule has 5 rings (SSSR count). The van der Waals surface area contributed by atoms with Crippen LogP contribution in [0.4, 0.5) is 0 Å². The maximum Gasteiger partial charge on any atom is 0.327 e. The van der Waals surface area contributed by atoms with Crippen LogP contribution in [0, 0.1) is 0 Å². The zero-order valence-electron chi connectivity index (χ0n) is 22.2. The van der Waals surface area contributed by atoms with Gasteiger partial charge in [0.15, 0.2) is 0 Å². The van der Waals surface area contributed by atoms with Crippen molar-refractivity contribution in [2.45, 2.75) is 88.9 Å². The Morgan fingerprint density at radius 2 is 2.05 bits per heavy atom. The number of carbonyl (C=O) groups excluding carboxylic acids is 1. The predicted molar refractivity (Wildman–Crippen MR) is 141 cm³/mol. The third-order valence-electron chi connectivity index (χ3n) is 8.03. The molecule has 2 aromatic heterocycles. The monoisotopic (exact) mass is 507 g/mol. The number of fused-ring (bicyclic) bond motifs is 1. The molecule has 200 valence electrons. The number of aryl methyl sites for hydroxylation is 3. The summed E-state index contributed by atoms with van der Waals surface area (Å²) < 4.78 is 17.5. The van der Waals surface area contributed by atoms with Crippen molar-refractivity contribution < 1.29 is 19.0 Å². The van der Waals surface area contributed by atoms with E-state index in [1.807, 2.05) is 12.1 Å². The van der Waals surface area contributed by atoms with E-state index in [0.29, 0.717) is 6.54 Å². The van der Waals surface area contributed by atoms with Gasteiger partial charge >= 0.3 is 5.97 Å². The molecular formula is C30H41N3O4. The zero-order valence-corrected chi connectivity index (χ0v) is 22.2. The van der Waals surface area contributed by atoms with Crippen LogP contribution < -0.4 is 0 Å². The first kappa shape index (κ1) is 26.3. The lowest BCUT2D eigenvalue weighted by atomic mass is 9.95. The molecule has 3 atom stereocenters. The summed E-state index contributed by atoms with van der Waals surface area (Å²) in [6.07, 6.45) is 13.9. The van der Waals surface area contributed by atoms with E-state index in [2.05, 4.69) is 22.0 Å². The van der Waals surface area contributed by atoms with Crippen molar-refractivity contribution in [3.05, 3.63) is 58.7 Å². The molecule has 0 spiro atoms. The fourth-order valence-corrected chi connectivity index (χ4v) is 6.02. The van der Waals surface area contributed by atoms with Crippen LogP contribution in [0.1, 0.15) is 91.7 Å². The molecule has 2 aromatic rings. The van der Waals surface area contributed by atoms with Gasteiger partial charge in [-0.2, -0.15) is 0 Å². The average molecular weight is 508 g/mol. The Bertz CT molecular complexity index is 1040. The number of hydrogen-bond acceptors (Lipinski definition) is 7. The highest BCUT2D eigenvalue weighted by atomic mass is 16.5. The van der Waals surface area contributed by atoms with Gasteiger partial charge < -0.3 is 14.2 Å². The maximum atomic E-state index is 13.0. The molecule has 4 heterocycles. The molecule has 0 saturated carbocycles. The number of ether oxygens (including phenoxy) is 3. The number of esters is 1. The molecule has 0 amide bonds. The molecule has 0 bridgehead atoms. The van der Waals surface area contributed by atoms with Crippen molar-refractivity contribution >= 4 is 5.97 Å². The Hall–Kier alpha value is -2.35. The van der Waals surface area contributed by atoms with Gasteiger partial charge in [-0.3, -0.25) is 14.9 Å². The highest BCUT2D eigenvalue weighted by molar-refractivity contribution is 5.78. The van der Waals surface area contributed by atoms with Gasteiger partial charge in [0.25, 0.3) is 0 Å². The number of nitrogens with zero attached hydrogens (tertiary/aromatic N) is 3. The van der Waals surface area contributed by atoms with Crippen molar-refractivity contribution in [3.8, 4) is 0 Å². The Kier molecular flexibility index (Phi) is 9.19. The number of likely N-dealkylation sites (tertiary alicyclic amines) is 1. The summed E-state index contributed by atoms with van der Waals surface area (Å²) >= 11 is 0. The minimum absolute atomic E-state index is 0.0589. The van der Waals surface area contributed by atoms with Crippen LogP contribution in [0.25, 0.3) is 0 Å². The van der Waals surface area contributed by atoms with Crippen molar-refractivity contribution in [1.29, 1.82) is 0 Å². The third-order valence-corrected chi connectivity index (χ3v) is 8.03. The van der Waals surface area contributed by atoms with E-state index in [9.17, 15) is 4.79 Å². The molecule has 0 aromatic carbocycles. The fourth-order valence-electron chi connectivity index (χ4n) is 6.02. The molecule has 0 N–H and O–H groups in total. The second-order valence-electron chi connectivity index (χ2n) is 10.6. The molecule has 37 heavy (non-hydrogen) atoms. The van der Waals surface area contributed by atoms with Crippen molar-refractivity contribution in [1.82, 2.24) is 14.9 Å². The van der Waals surface area contributed by atoms with Gasteiger partial charge in [-0.05, 0) is 88.3 Å². The number of aromatic nitrogens is 2. The first-order chi connectivity index (χ1) is 18.2. The van der Waals surface area contributed by atoms with Crippen LogP contribution in [-0.4, -0.2) is 60.4 Å². The summed E-state index contributed by atoms with van der Waals surface area (Å²) in [6, 6.07) is 7.91. The molecule has 2 aliphatic heterocycles. The van der Waals surface area contributed by atoms with Crippen LogP contribution >= 0.6 is 0 Å². The minimum Gasteiger partial charge on any atom is -0.468 e. The highest BCUT2D eigenvalue weighted by Crippen LogP contribution is 2.35. The van der Waals surface area contributed by atoms with E-state index in [4.69, 9.17) is 19.2 Å². The van der Waals surface area contributed by atoms with Crippen molar-refractivity contribution in [2.75, 3.05) is 33.4 Å². The van der Waals surface area contributed by atoms with Crippen molar-refractivity contribution in [3.63, 3.8) is 0 Å². The van der Waals surface area contributed by atoms with Gasteiger partial charge in [0.2, 0.25) is 0 Å². The Morgan fingerprint density at radius 3 is 2.92 bits per heavy atom. The number of unbranched alkanes of at least 4 members (excludes halogenated alkanes) is 1. The van der Waals surface area contributed by atoms with Gasteiger partial charge in [0.05, 0.1) is 25.0 Å². The van der Waals surface area contributed by atoms with Crippen molar-refractivity contribution in [2.24, 2.45) is 0 Å². The van der Waals surface area contributed by atoms with Crippen LogP contribution in [0.2, 0.25) is 0 Å². The summed E-state index contributed by atoms with van der Waals surface area (Å²) in [4.78, 5) is 24.7. The van der Waals surface area contributed by atoms with E-state index >= 15 is 0 Å². The van der Waals surface area contributed by atoms with Gasteiger partial charge in [0, 0.05) is 49.5 Å². The summed E-state index contributed by atoms with van der Waals surface area (Å²) in [6.45, 7) is 2.99. The van der Waals surface area contributed by atoms with E-state index < -0.39 is 6.04 Å². The Balaban J connectivity index is 1.13. The molecule has 1 aliphatic carbocycles. The van der Waals surface area contributed by atoms with Gasteiger partial charge in [-0.15, -0.1) is 0 Å². The summed E-state index contributed by atoms with van der Waals surface area (Å²) in [5.74, 6) is -0.247. The van der Waals surface area contributed by atoms with Gasteiger partial charge in [0.1, 0.15) is 6.04 Å². The summed E-state index contributed by atoms with van der Waals surface area (Å²) in [5.41, 5.74) is 5.75. The first-order valence-electron chi connectivity index (χ1n) is 14.2. The maximum absolute atomic E-state index is 13.0. The molecular weight excluding hydrogens is 466 g/mol. The second-order valence-corrected chi connectivity index (χ2v) is 10.6. The molecule has 2 saturated heterocycles. The van der Waals surface area contributed by atoms with E-state index in [1.54, 1.807) is 6.20 Å². The molecule has 2 fully saturated rings. The minimum atomic E-state index is -0.483. The number of pyridine rings is 2. The smallest absolute Gasteiger partial charge is 0.327 e. The van der Waals surface area contributed by atoms with Crippen LogP contribution in [0.15, 0.2) is 30.5 Å². The molecule has 3 aliphatic rings. The normalized spacial score (nSPS) is 22.9. The van der Waals surface area contributed by atoms with Crippen LogP contribution in [0.3, 0.4) is 0 Å². The molecule has 7 nitrogen and oxygen atoms in total. The summed E-state index contributed by atoms with van der Waals surface area (Å²) in [5, 5.41) is 0. The lowest BCUT2D eigenvalue weighted by molar-refractivity contribution is -0.147. The SMILES string of the molecule is COC(=O)C(c1cccnc1C1CCCCO1)N1CC[C@@H](OCCCCc2ccc3c(n2)CCCC3)C1. The van der Waals surface area contributed by atoms with E-state index in [0.717, 1.165) is 82.4 Å². The molecule has 0 radical (unpaired) electrons. The molecule has 2 unspecified atom stereocenters. The van der Waals surface area contributed by atoms with Gasteiger partial charge in [-0.25, -0.2) is 4.79 Å². The lowest BCUT2D eigenvalue weighted by Crippen LogP contribution is -2.35. The standard InChI is InChI=1S/C30H41N3O4/c1-35-30(34)29(25-11-8-17-31-28(25)27-13-5-7-20-37-27)33-18-16-24(21-33)36-19-6-4-10-23-15-14-22-9-2-3-12-26(22)32-23/h8,11,14-15,17,24,27,29H,2-7,9-10,12-13,16,18-21H2,1H3/t24-,27?,29?/m1/s1. The number of hydrogen-bond donors (Lipinski definition) is 0. The zero-order chi connectivity index (χ0) is 25.5. The average Bonchev–Trinajstić information content (AvgIpc) is 3.41. The lowest BCUT2D eigenvalue weighted by Gasteiger charge is -2.30. The summed E-state index contributed by atoms with van der Waals surface area (Å²) in [7, 11) is 1.46. The van der Waals surface area contributed by atoms with Crippen LogP contribution in [0.5, 0.6) is 0 Å². The number of methoxy groups -OCH3 is 1. The van der Waals surface area contributed by atoms with E-state index in [-0.39, 0.29) is 18.2 Å². The predicted octanol–water partition coefficient (Wildman–Crippen LogP) is 4.92. The fraction of sp³-hybridized carbons (Fsp3) is 0.633. The second kappa shape index (κ2) is 12.9. The van der Waals surface area contributed by atoms with Gasteiger partial charge in [-0.1, -0.05) is 12.1 Å². The Morgan fingerprint density at radius 1 is 1.14 bits per heavy atom. The molecule has 7 heteroatoms. The quantitative estimate of drug-likeness (QED) is 0.334. The number of rotatable bonds is 10. The third kappa shape index (κ3) is 6.57. The highest BCUT2D eigenvalue weighted by Gasteiger charge is 2.37. The number of carbonyl (C=O) groups is 1. The van der Waals surface area contributed by atoms with Crippen LogP contribution in [-0.2, 0) is 38.3 Å². The van der Waals surface area contributed by atoms with E-state index in [1.165, 1.54) is 43.3 Å². The largest absolute Gasteiger partial charge is 0.468 e.